The second-order valence-corrected chi connectivity index (χ2v) is 21.3. The van der Waals surface area contributed by atoms with Gasteiger partial charge in [0, 0.05) is 71.4 Å². The Hall–Kier alpha value is -7.34. The van der Waals surface area contributed by atoms with Gasteiger partial charge >= 0.3 is 0 Å². The van der Waals surface area contributed by atoms with Crippen molar-refractivity contribution in [2.24, 2.45) is 11.8 Å². The smallest absolute Gasteiger partial charge is 0.255 e. The minimum Gasteiger partial charge on any atom is -0.508 e. The Morgan fingerprint density at radius 3 is 2.53 bits per heavy atom. The summed E-state index contributed by atoms with van der Waals surface area (Å²) in [6.45, 7) is 7.01. The summed E-state index contributed by atoms with van der Waals surface area (Å²) in [6.07, 6.45) is 1.66. The van der Waals surface area contributed by atoms with Gasteiger partial charge in [0.2, 0.25) is 17.7 Å². The molecule has 1 fully saturated rings. The second kappa shape index (κ2) is 24.8. The second-order valence-electron chi connectivity index (χ2n) is 19.6. The molecule has 0 bridgehead atoms. The molecule has 6 aromatic rings. The molecular weight excluding hydrogens is 1020 g/mol. The minimum absolute atomic E-state index is 0.0259. The molecular formula is C58H59FN6O10S2. The predicted octanol–water partition coefficient (Wildman–Crippen LogP) is 7.70. The summed E-state index contributed by atoms with van der Waals surface area (Å²) >= 11 is 2.74. The maximum atomic E-state index is 14.3. The van der Waals surface area contributed by atoms with Crippen molar-refractivity contribution in [2.75, 3.05) is 44.9 Å². The van der Waals surface area contributed by atoms with E-state index in [0.717, 1.165) is 39.4 Å². The number of aromatic hydroxyl groups is 1. The monoisotopic (exact) mass is 1080 g/mol. The maximum absolute atomic E-state index is 14.3. The van der Waals surface area contributed by atoms with E-state index < -0.39 is 47.7 Å². The number of likely N-dealkylation sites (tertiary alicyclic amines) is 1. The number of carbonyl (C=O) groups excluding carboxylic acids is 5. The Morgan fingerprint density at radius 2 is 1.75 bits per heavy atom. The number of carbonyl (C=O) groups is 5. The molecule has 2 aromatic heterocycles. The van der Waals surface area contributed by atoms with Crippen molar-refractivity contribution in [2.45, 2.75) is 83.6 Å². The lowest BCUT2D eigenvalue weighted by atomic mass is 9.87. The lowest BCUT2D eigenvalue weighted by molar-refractivity contribution is -0.143. The summed E-state index contributed by atoms with van der Waals surface area (Å²) in [6, 6.07) is 20.3. The third-order valence-corrected chi connectivity index (χ3v) is 15.8. The van der Waals surface area contributed by atoms with E-state index in [-0.39, 0.29) is 100 Å². The lowest BCUT2D eigenvalue weighted by Crippen LogP contribution is -2.55. The number of Topliss-reactive ketones (excluding diaryl/α,β-unsaturated/α-hetero) is 1. The van der Waals surface area contributed by atoms with Crippen molar-refractivity contribution in [3.05, 3.63) is 146 Å². The van der Waals surface area contributed by atoms with E-state index in [1.54, 1.807) is 40.2 Å². The number of amides is 4. The number of aliphatic hydroxyl groups is 1. The normalized spacial score (nSPS) is 17.5. The van der Waals surface area contributed by atoms with Crippen LogP contribution >= 0.6 is 22.7 Å². The number of nitrogens with one attached hydrogen (secondary N) is 2. The number of hydrogen-bond donors (Lipinski definition) is 4. The number of fused-ring (bicyclic) bond motifs is 2. The highest BCUT2D eigenvalue weighted by Crippen LogP contribution is 2.38. The van der Waals surface area contributed by atoms with Crippen LogP contribution in [0.1, 0.15) is 93.3 Å². The Morgan fingerprint density at radius 1 is 0.948 bits per heavy atom. The van der Waals surface area contributed by atoms with Gasteiger partial charge in [0.05, 0.1) is 47.9 Å². The summed E-state index contributed by atoms with van der Waals surface area (Å²) in [5.74, 6) is 2.62. The average Bonchev–Trinajstić information content (AvgIpc) is 4.30. The van der Waals surface area contributed by atoms with Gasteiger partial charge in [-0.3, -0.25) is 24.0 Å². The fourth-order valence-electron chi connectivity index (χ4n) is 10.3. The number of nitrogens with zero attached hydrogens (tertiary/aromatic N) is 4. The molecule has 4 N–H and O–H groups in total. The number of thiazole rings is 2. The van der Waals surface area contributed by atoms with Crippen molar-refractivity contribution in [1.29, 1.82) is 0 Å². The predicted molar refractivity (Wildman–Crippen MR) is 288 cm³/mol. The summed E-state index contributed by atoms with van der Waals surface area (Å²) in [4.78, 5) is 81.4. The number of phenols is 1. The van der Waals surface area contributed by atoms with Crippen molar-refractivity contribution in [3.8, 4) is 33.8 Å². The third-order valence-electron chi connectivity index (χ3n) is 14.1. The van der Waals surface area contributed by atoms with Gasteiger partial charge in [0.15, 0.2) is 10.9 Å². The van der Waals surface area contributed by atoms with E-state index in [1.807, 2.05) is 63.2 Å². The number of aryl methyl sites for hydroxylation is 1. The molecule has 1 aliphatic carbocycles. The van der Waals surface area contributed by atoms with E-state index in [1.165, 1.54) is 33.6 Å². The van der Waals surface area contributed by atoms with Gasteiger partial charge in [-0.1, -0.05) is 68.2 Å². The first kappa shape index (κ1) is 54.4. The van der Waals surface area contributed by atoms with Gasteiger partial charge < -0.3 is 44.9 Å². The molecule has 4 aromatic carbocycles. The first-order valence-electron chi connectivity index (χ1n) is 25.6. The van der Waals surface area contributed by atoms with Crippen LogP contribution in [0.25, 0.3) is 10.4 Å². The zero-order valence-corrected chi connectivity index (χ0v) is 44.5. The number of benzene rings is 4. The number of hydrogen-bond acceptors (Lipinski definition) is 14. The van der Waals surface area contributed by atoms with Crippen LogP contribution < -0.4 is 15.4 Å². The Balaban J connectivity index is 0.752. The molecule has 400 valence electrons. The van der Waals surface area contributed by atoms with Crippen LogP contribution in [0.3, 0.4) is 0 Å². The van der Waals surface area contributed by atoms with Crippen LogP contribution in [-0.4, -0.2) is 117 Å². The maximum Gasteiger partial charge on any atom is 0.255 e. The van der Waals surface area contributed by atoms with Gasteiger partial charge in [0.25, 0.3) is 5.91 Å². The molecule has 2 aliphatic heterocycles. The standard InChI is InChI=1S/C58H59FN6O10S2/c1-34(2)51(65-31-41-8-4-5-12-44(41)56(65)71)57(72)64-32-43(66)29-47(64)55(70)61-30-40-14-13-39(53-35(3)62-33-77-53)27-49(40)75-24-23-74-22-21-73-20-7-11-36-9-6-10-37-26-38(52(68)50(36)37)15-17-45(46-28-42(59)16-18-48(46)67)54(69)63-58-60-19-25-76-58/h4-6,8-10,12-14,16,18-19,25,27-28,33-34,38,43,45,47,51,66-67H,15,17,20-24,26,29-32H2,1-3H3,(H,61,70)(H,60,63,69)/t38?,43-,45?,47+,51+/m1/s1. The van der Waals surface area contributed by atoms with Crippen LogP contribution in [0, 0.1) is 36.4 Å². The Bertz CT molecular complexity index is 3210. The molecule has 0 spiro atoms. The molecule has 4 amide bonds. The van der Waals surface area contributed by atoms with Crippen LogP contribution in [0.4, 0.5) is 9.52 Å². The van der Waals surface area contributed by atoms with Crippen LogP contribution in [0.2, 0.25) is 0 Å². The first-order valence-corrected chi connectivity index (χ1v) is 27.3. The quantitative estimate of drug-likeness (QED) is 0.0404. The van der Waals surface area contributed by atoms with Crippen molar-refractivity contribution in [3.63, 3.8) is 0 Å². The zero-order chi connectivity index (χ0) is 54.2. The number of ketones is 1. The van der Waals surface area contributed by atoms with Gasteiger partial charge in [-0.15, -0.1) is 22.7 Å². The van der Waals surface area contributed by atoms with Crippen LogP contribution in [0.15, 0.2) is 96.0 Å². The van der Waals surface area contributed by atoms with E-state index in [4.69, 9.17) is 14.2 Å². The number of anilines is 1. The third kappa shape index (κ3) is 12.6. The SMILES string of the molecule is Cc1ncsc1-c1ccc(CNC(=O)[C@@H]2C[C@@H](O)CN2C(=O)[C@H](C(C)C)N2Cc3ccccc3C2=O)c(OCCOCCOCC#Cc2cccc3c2C(=O)C(CCC(C(=O)Nc2nccs2)c2cc(F)ccc2O)C3)c1. The molecule has 19 heteroatoms. The number of aliphatic hydroxyl groups excluding tert-OH is 1. The Kier molecular flexibility index (Phi) is 17.5. The first-order chi connectivity index (χ1) is 37.2. The van der Waals surface area contributed by atoms with Crippen LogP contribution in [0.5, 0.6) is 11.5 Å². The molecule has 9 rings (SSSR count). The molecule has 1 saturated heterocycles. The van der Waals surface area contributed by atoms with E-state index in [0.29, 0.717) is 46.0 Å². The minimum atomic E-state index is -0.943. The number of aromatic nitrogens is 2. The van der Waals surface area contributed by atoms with Gasteiger partial charge in [-0.25, -0.2) is 14.4 Å². The summed E-state index contributed by atoms with van der Waals surface area (Å²) in [5.41, 5.74) is 7.74. The molecule has 2 unspecified atom stereocenters. The van der Waals surface area contributed by atoms with E-state index >= 15 is 0 Å². The highest BCUT2D eigenvalue weighted by Gasteiger charge is 2.46. The number of β-amino-alcohol motifs (C(OH)–C–C–N with tert-alkyl or cyclic N) is 1. The number of phenolic OH excluding ortho intramolecular Hbond substituents is 1. The molecule has 16 nitrogen and oxygen atoms in total. The number of halogens is 1. The highest BCUT2D eigenvalue weighted by atomic mass is 32.1. The van der Waals surface area contributed by atoms with Gasteiger partial charge in [-0.2, -0.15) is 0 Å². The van der Waals surface area contributed by atoms with Gasteiger partial charge in [0.1, 0.15) is 42.6 Å². The van der Waals surface area contributed by atoms with E-state index in [2.05, 4.69) is 32.4 Å². The molecule has 4 heterocycles. The number of rotatable bonds is 21. The molecule has 77 heavy (non-hydrogen) atoms. The largest absolute Gasteiger partial charge is 0.508 e. The number of ether oxygens (including phenoxy) is 3. The molecule has 5 atom stereocenters. The van der Waals surface area contributed by atoms with Crippen LogP contribution in [-0.2, 0) is 43.4 Å². The lowest BCUT2D eigenvalue weighted by Gasteiger charge is -2.35. The fraction of sp³-hybridized carbons (Fsp3) is 0.362. The fourth-order valence-corrected chi connectivity index (χ4v) is 11.7. The average molecular weight is 1080 g/mol. The summed E-state index contributed by atoms with van der Waals surface area (Å²) < 4.78 is 32.2. The zero-order valence-electron chi connectivity index (χ0n) is 42.8. The summed E-state index contributed by atoms with van der Waals surface area (Å²) in [7, 11) is 0. The summed E-state index contributed by atoms with van der Waals surface area (Å²) in [5, 5.41) is 29.2. The molecule has 0 radical (unpaired) electrons. The molecule has 0 saturated carbocycles. The Labute approximate surface area is 453 Å². The van der Waals surface area contributed by atoms with Crippen molar-refractivity contribution in [1.82, 2.24) is 25.1 Å². The molecule has 3 aliphatic rings. The van der Waals surface area contributed by atoms with Crippen molar-refractivity contribution < 1.29 is 52.8 Å². The van der Waals surface area contributed by atoms with Gasteiger partial charge in [-0.05, 0) is 85.2 Å². The topological polar surface area (TPSA) is 210 Å². The van der Waals surface area contributed by atoms with Crippen molar-refractivity contribution >= 4 is 57.2 Å². The highest BCUT2D eigenvalue weighted by molar-refractivity contribution is 7.14. The van der Waals surface area contributed by atoms with E-state index in [9.17, 15) is 38.6 Å².